The Morgan fingerprint density at radius 2 is 1.91 bits per heavy atom. The van der Waals surface area contributed by atoms with Crippen LogP contribution in [0.15, 0.2) is 47.3 Å². The largest absolute Gasteiger partial charge is 0.382 e. The van der Waals surface area contributed by atoms with Gasteiger partial charge in [0.25, 0.3) is 5.56 Å². The van der Waals surface area contributed by atoms with Crippen LogP contribution in [0.4, 0.5) is 4.39 Å². The summed E-state index contributed by atoms with van der Waals surface area (Å²) in [4.78, 5) is 14.6. The first-order valence-corrected chi connectivity index (χ1v) is 12.0. The SMILES string of the molecule is Cl.Cl.O=c1ccc2ccc(F)c3c2n1CC3(O)CN1CCC(NCc2ccc3snnc3c2)CC1. The molecule has 2 aliphatic rings. The van der Waals surface area contributed by atoms with Crippen molar-refractivity contribution in [3.63, 3.8) is 0 Å². The molecule has 4 heterocycles. The number of aromatic nitrogens is 3. The Kier molecular flexibility index (Phi) is 7.47. The van der Waals surface area contributed by atoms with Crippen LogP contribution in [0, 0.1) is 5.82 Å². The molecule has 0 radical (unpaired) electrons. The molecule has 2 aromatic carbocycles. The number of rotatable bonds is 5. The van der Waals surface area contributed by atoms with Gasteiger partial charge in [0.2, 0.25) is 0 Å². The predicted octanol–water partition coefficient (Wildman–Crippen LogP) is 3.44. The Morgan fingerprint density at radius 1 is 1.14 bits per heavy atom. The van der Waals surface area contributed by atoms with Gasteiger partial charge >= 0.3 is 0 Å². The molecule has 1 unspecified atom stereocenters. The highest BCUT2D eigenvalue weighted by Gasteiger charge is 2.42. The minimum atomic E-state index is -1.41. The zero-order valence-electron chi connectivity index (χ0n) is 18.8. The van der Waals surface area contributed by atoms with Gasteiger partial charge in [-0.05, 0) is 78.7 Å². The highest BCUT2D eigenvalue weighted by Crippen LogP contribution is 2.38. The third-order valence-electron chi connectivity index (χ3n) is 6.96. The molecular formula is C24H26Cl2FN5O2S. The number of nitrogens with one attached hydrogen (secondary N) is 1. The molecule has 4 aromatic rings. The molecule has 0 aliphatic carbocycles. The molecular weight excluding hydrogens is 512 g/mol. The van der Waals surface area contributed by atoms with Crippen LogP contribution in [-0.2, 0) is 18.7 Å². The molecule has 6 rings (SSSR count). The molecule has 35 heavy (non-hydrogen) atoms. The van der Waals surface area contributed by atoms with E-state index in [2.05, 4.69) is 38.0 Å². The Balaban J connectivity index is 0.00000144. The number of benzene rings is 2. The zero-order chi connectivity index (χ0) is 22.6. The first-order chi connectivity index (χ1) is 16.0. The molecule has 0 amide bonds. The third kappa shape index (κ3) is 4.69. The first-order valence-electron chi connectivity index (χ1n) is 11.2. The van der Waals surface area contributed by atoms with E-state index in [0.29, 0.717) is 18.1 Å². The number of pyridine rings is 1. The first kappa shape index (κ1) is 25.9. The summed E-state index contributed by atoms with van der Waals surface area (Å²) in [6.45, 7) is 2.78. The quantitative estimate of drug-likeness (QED) is 0.405. The van der Waals surface area contributed by atoms with Crippen LogP contribution in [-0.4, -0.2) is 49.8 Å². The Bertz CT molecular complexity index is 1420. The second-order valence-corrected chi connectivity index (χ2v) is 9.94. The van der Waals surface area contributed by atoms with Crippen molar-refractivity contribution in [3.05, 3.63) is 69.8 Å². The van der Waals surface area contributed by atoms with Crippen molar-refractivity contribution < 1.29 is 9.50 Å². The molecule has 1 atom stereocenters. The number of nitrogens with zero attached hydrogens (tertiary/aromatic N) is 4. The topological polar surface area (TPSA) is 83.3 Å². The van der Waals surface area contributed by atoms with Gasteiger partial charge in [-0.15, -0.1) is 29.9 Å². The average Bonchev–Trinajstić information content (AvgIpc) is 3.40. The summed E-state index contributed by atoms with van der Waals surface area (Å²) in [5, 5.41) is 20.0. The second kappa shape index (κ2) is 10.1. The van der Waals surface area contributed by atoms with Crippen molar-refractivity contribution in [2.45, 2.75) is 37.6 Å². The number of β-amino-alcohol motifs (C(OH)–C–C–N with tert-alkyl or cyclic N) is 1. The van der Waals surface area contributed by atoms with E-state index in [9.17, 15) is 14.3 Å². The van der Waals surface area contributed by atoms with Crippen LogP contribution in [0.2, 0.25) is 0 Å². The molecule has 2 N–H and O–H groups in total. The Hall–Kier alpha value is -2.14. The fraction of sp³-hybridized carbons (Fsp3) is 0.375. The van der Waals surface area contributed by atoms with Crippen molar-refractivity contribution in [1.82, 2.24) is 24.4 Å². The van der Waals surface area contributed by atoms with E-state index >= 15 is 0 Å². The predicted molar refractivity (Wildman–Crippen MR) is 140 cm³/mol. The highest BCUT2D eigenvalue weighted by molar-refractivity contribution is 7.12. The molecule has 2 aromatic heterocycles. The van der Waals surface area contributed by atoms with Gasteiger partial charge in [0, 0.05) is 30.8 Å². The van der Waals surface area contributed by atoms with Crippen molar-refractivity contribution in [3.8, 4) is 0 Å². The normalized spacial score (nSPS) is 20.2. The molecule has 1 saturated heterocycles. The van der Waals surface area contributed by atoms with Gasteiger partial charge < -0.3 is 15.0 Å². The van der Waals surface area contributed by atoms with Gasteiger partial charge in [0.15, 0.2) is 0 Å². The van der Waals surface area contributed by atoms with Crippen LogP contribution in [0.5, 0.6) is 0 Å². The van der Waals surface area contributed by atoms with Gasteiger partial charge in [0.05, 0.1) is 16.8 Å². The van der Waals surface area contributed by atoms with Crippen molar-refractivity contribution in [1.29, 1.82) is 0 Å². The maximum atomic E-state index is 14.8. The monoisotopic (exact) mass is 537 g/mol. The summed E-state index contributed by atoms with van der Waals surface area (Å²) >= 11 is 1.40. The molecule has 7 nitrogen and oxygen atoms in total. The van der Waals surface area contributed by atoms with E-state index in [0.717, 1.165) is 48.1 Å². The van der Waals surface area contributed by atoms with Crippen LogP contribution in [0.25, 0.3) is 21.1 Å². The van der Waals surface area contributed by atoms with Gasteiger partial charge in [-0.1, -0.05) is 10.6 Å². The van der Waals surface area contributed by atoms with Gasteiger partial charge in [-0.3, -0.25) is 9.69 Å². The number of piperidine rings is 1. The smallest absolute Gasteiger partial charge is 0.251 e. The average molecular weight is 538 g/mol. The fourth-order valence-corrected chi connectivity index (χ4v) is 5.84. The van der Waals surface area contributed by atoms with E-state index < -0.39 is 11.4 Å². The third-order valence-corrected chi connectivity index (χ3v) is 7.67. The maximum absolute atomic E-state index is 14.8. The number of likely N-dealkylation sites (tertiary alicyclic amines) is 1. The van der Waals surface area contributed by atoms with Gasteiger partial charge in [0.1, 0.15) is 16.9 Å². The number of fused-ring (bicyclic) bond motifs is 1. The van der Waals surface area contributed by atoms with Crippen LogP contribution in [0.3, 0.4) is 0 Å². The van der Waals surface area contributed by atoms with E-state index in [1.807, 2.05) is 0 Å². The summed E-state index contributed by atoms with van der Waals surface area (Å²) in [7, 11) is 0. The fourth-order valence-electron chi connectivity index (χ4n) is 5.30. The summed E-state index contributed by atoms with van der Waals surface area (Å²) in [5.74, 6) is -0.453. The second-order valence-electron chi connectivity index (χ2n) is 9.16. The number of hydrogen-bond donors (Lipinski definition) is 2. The van der Waals surface area contributed by atoms with Gasteiger partial charge in [-0.2, -0.15) is 0 Å². The number of hydrogen-bond acceptors (Lipinski definition) is 7. The van der Waals surface area contributed by atoms with E-state index in [1.54, 1.807) is 12.1 Å². The lowest BCUT2D eigenvalue weighted by Gasteiger charge is -2.37. The van der Waals surface area contributed by atoms with Crippen molar-refractivity contribution >= 4 is 57.5 Å². The summed E-state index contributed by atoms with van der Waals surface area (Å²) < 4.78 is 21.4. The summed E-state index contributed by atoms with van der Waals surface area (Å²) in [5.41, 5.74) is 1.28. The summed E-state index contributed by atoms with van der Waals surface area (Å²) in [6, 6.07) is 12.8. The molecule has 0 spiro atoms. The molecule has 0 saturated carbocycles. The van der Waals surface area contributed by atoms with Crippen molar-refractivity contribution in [2.24, 2.45) is 0 Å². The molecule has 1 fully saturated rings. The number of aliphatic hydroxyl groups is 1. The maximum Gasteiger partial charge on any atom is 0.251 e. The lowest BCUT2D eigenvalue weighted by molar-refractivity contribution is -0.0159. The van der Waals surface area contributed by atoms with Crippen molar-refractivity contribution in [2.75, 3.05) is 19.6 Å². The molecule has 11 heteroatoms. The minimum absolute atomic E-state index is 0. The minimum Gasteiger partial charge on any atom is -0.382 e. The van der Waals surface area contributed by atoms with Crippen LogP contribution < -0.4 is 10.9 Å². The Labute approximate surface area is 217 Å². The van der Waals surface area contributed by atoms with Gasteiger partial charge in [-0.25, -0.2) is 4.39 Å². The standard InChI is InChI=1S/C24H24FN5O2S.2ClH/c25-18-4-2-16-3-6-21(31)30-14-24(32,22(18)23(16)30)13-29-9-7-17(8-10-29)26-12-15-1-5-20-19(11-15)27-28-33-20;;/h1-6,11,17,26,32H,7-10,12-14H2;2*1H. The Morgan fingerprint density at radius 3 is 2.71 bits per heavy atom. The number of halogens is 3. The molecule has 186 valence electrons. The molecule has 0 bridgehead atoms. The highest BCUT2D eigenvalue weighted by atomic mass is 35.5. The lowest BCUT2D eigenvalue weighted by atomic mass is 9.92. The van der Waals surface area contributed by atoms with E-state index in [1.165, 1.54) is 33.8 Å². The van der Waals surface area contributed by atoms with E-state index in [4.69, 9.17) is 0 Å². The summed E-state index contributed by atoms with van der Waals surface area (Å²) in [6.07, 6.45) is 1.88. The molecule has 2 aliphatic heterocycles. The van der Waals surface area contributed by atoms with Crippen LogP contribution >= 0.6 is 36.3 Å². The zero-order valence-corrected chi connectivity index (χ0v) is 21.3. The van der Waals surface area contributed by atoms with Crippen LogP contribution in [0.1, 0.15) is 24.0 Å². The van der Waals surface area contributed by atoms with E-state index in [-0.39, 0.29) is 42.5 Å². The lowest BCUT2D eigenvalue weighted by Crippen LogP contribution is -2.48.